The standard InChI is InChI=1S/C54H38N2O/c1-3-15-35(16-4-1)40-19-7-8-20-41(40)47-32-37(36-27-29-52-45(31-36)44-23-11-14-26-51(44)55(52)38-17-5-2-6-18-38)33-48-46-34-39(28-30-53(46)57-54(47)48)56-49-24-12-9-21-42(49)43-22-10-13-25-50(43)56/h1-28,30-34,48,52,54H,29H2. The normalized spacial score (nSPS) is 19.2. The van der Waals surface area contributed by atoms with E-state index < -0.39 is 0 Å². The fourth-order valence-corrected chi connectivity index (χ4v) is 9.95. The van der Waals surface area contributed by atoms with Gasteiger partial charge in [0.2, 0.25) is 0 Å². The van der Waals surface area contributed by atoms with Crippen molar-refractivity contribution in [3.8, 4) is 22.6 Å². The molecule has 57 heavy (non-hydrogen) atoms. The molecule has 0 spiro atoms. The van der Waals surface area contributed by atoms with Crippen molar-refractivity contribution in [2.45, 2.75) is 24.5 Å². The summed E-state index contributed by atoms with van der Waals surface area (Å²) in [6.45, 7) is 0. The third-order valence-electron chi connectivity index (χ3n) is 12.5. The lowest BCUT2D eigenvalue weighted by Gasteiger charge is -2.31. The van der Waals surface area contributed by atoms with Gasteiger partial charge in [0.05, 0.1) is 17.1 Å². The van der Waals surface area contributed by atoms with E-state index in [2.05, 4.69) is 210 Å². The molecule has 3 atom stereocenters. The van der Waals surface area contributed by atoms with E-state index in [0.717, 1.165) is 17.9 Å². The summed E-state index contributed by atoms with van der Waals surface area (Å²) in [5.41, 5.74) is 17.4. The number of para-hydroxylation sites is 4. The van der Waals surface area contributed by atoms with Gasteiger partial charge in [-0.05, 0) is 101 Å². The summed E-state index contributed by atoms with van der Waals surface area (Å²) in [6.07, 6.45) is 10.6. The number of hydrogen-bond donors (Lipinski definition) is 0. The number of rotatable bonds is 5. The Balaban J connectivity index is 1.02. The average molecular weight is 731 g/mol. The van der Waals surface area contributed by atoms with Crippen LogP contribution in [0.1, 0.15) is 29.0 Å². The number of nitrogens with zero attached hydrogens (tertiary/aromatic N) is 2. The van der Waals surface area contributed by atoms with E-state index in [-0.39, 0.29) is 18.1 Å². The van der Waals surface area contributed by atoms with Crippen LogP contribution in [0, 0.1) is 0 Å². The minimum Gasteiger partial charge on any atom is -0.484 e. The van der Waals surface area contributed by atoms with Gasteiger partial charge in [-0.3, -0.25) is 0 Å². The number of fused-ring (bicyclic) bond motifs is 9. The quantitative estimate of drug-likeness (QED) is 0.175. The highest BCUT2D eigenvalue weighted by atomic mass is 16.5. The fraction of sp³-hybridized carbons (Fsp3) is 0.0741. The molecule has 8 aromatic rings. The van der Waals surface area contributed by atoms with Gasteiger partial charge in [-0.15, -0.1) is 0 Å². The largest absolute Gasteiger partial charge is 0.484 e. The van der Waals surface area contributed by atoms with E-state index in [1.807, 2.05) is 0 Å². The Hall–Kier alpha value is -7.10. The number of allylic oxidation sites excluding steroid dienone is 4. The smallest absolute Gasteiger partial charge is 0.135 e. The predicted molar refractivity (Wildman–Crippen MR) is 235 cm³/mol. The molecule has 270 valence electrons. The highest BCUT2D eigenvalue weighted by Crippen LogP contribution is 2.53. The molecule has 0 radical (unpaired) electrons. The molecule has 0 bridgehead atoms. The summed E-state index contributed by atoms with van der Waals surface area (Å²) in [5.74, 6) is 0.981. The summed E-state index contributed by atoms with van der Waals surface area (Å²) < 4.78 is 9.48. The van der Waals surface area contributed by atoms with Crippen LogP contribution in [-0.2, 0) is 0 Å². The first-order chi connectivity index (χ1) is 28.3. The van der Waals surface area contributed by atoms with Crippen LogP contribution in [0.5, 0.6) is 5.75 Å². The maximum absolute atomic E-state index is 7.07. The van der Waals surface area contributed by atoms with Crippen molar-refractivity contribution < 1.29 is 4.74 Å². The molecule has 1 aromatic heterocycles. The van der Waals surface area contributed by atoms with Crippen LogP contribution >= 0.6 is 0 Å². The maximum Gasteiger partial charge on any atom is 0.135 e. The minimum absolute atomic E-state index is 0.0283. The van der Waals surface area contributed by atoms with E-state index in [0.29, 0.717) is 0 Å². The lowest BCUT2D eigenvalue weighted by Crippen LogP contribution is -2.28. The highest BCUT2D eigenvalue weighted by Gasteiger charge is 2.41. The van der Waals surface area contributed by atoms with Gasteiger partial charge >= 0.3 is 0 Å². The van der Waals surface area contributed by atoms with E-state index >= 15 is 0 Å². The van der Waals surface area contributed by atoms with Gasteiger partial charge in [0, 0.05) is 50.5 Å². The molecule has 0 saturated heterocycles. The molecule has 3 heterocycles. The first kappa shape index (κ1) is 32.2. The highest BCUT2D eigenvalue weighted by molar-refractivity contribution is 6.09. The lowest BCUT2D eigenvalue weighted by atomic mass is 9.77. The van der Waals surface area contributed by atoms with Gasteiger partial charge in [0.25, 0.3) is 0 Å². The van der Waals surface area contributed by atoms with Gasteiger partial charge in [0.15, 0.2) is 0 Å². The predicted octanol–water partition coefficient (Wildman–Crippen LogP) is 13.3. The Bertz CT molecular complexity index is 2980. The molecule has 3 nitrogen and oxygen atoms in total. The van der Waals surface area contributed by atoms with Crippen molar-refractivity contribution in [3.63, 3.8) is 0 Å². The first-order valence-electron chi connectivity index (χ1n) is 20.0. The Morgan fingerprint density at radius 2 is 1.14 bits per heavy atom. The fourth-order valence-electron chi connectivity index (χ4n) is 9.95. The van der Waals surface area contributed by atoms with Crippen molar-refractivity contribution in [2.24, 2.45) is 0 Å². The Morgan fingerprint density at radius 1 is 0.509 bits per heavy atom. The van der Waals surface area contributed by atoms with Crippen LogP contribution < -0.4 is 9.64 Å². The number of benzene rings is 7. The van der Waals surface area contributed by atoms with E-state index in [1.165, 1.54) is 83.3 Å². The Morgan fingerprint density at radius 3 is 1.91 bits per heavy atom. The van der Waals surface area contributed by atoms with Crippen LogP contribution in [0.4, 0.5) is 11.4 Å². The monoisotopic (exact) mass is 730 g/mol. The van der Waals surface area contributed by atoms with Gasteiger partial charge < -0.3 is 14.2 Å². The molecule has 7 aromatic carbocycles. The lowest BCUT2D eigenvalue weighted by molar-refractivity contribution is 0.278. The second-order valence-corrected chi connectivity index (χ2v) is 15.5. The van der Waals surface area contributed by atoms with Gasteiger partial charge in [-0.25, -0.2) is 0 Å². The average Bonchev–Trinajstić information content (AvgIpc) is 3.94. The number of anilines is 2. The van der Waals surface area contributed by atoms with Crippen molar-refractivity contribution in [3.05, 3.63) is 228 Å². The molecule has 2 aliphatic carbocycles. The van der Waals surface area contributed by atoms with E-state index in [4.69, 9.17) is 4.74 Å². The van der Waals surface area contributed by atoms with Crippen molar-refractivity contribution >= 4 is 44.3 Å². The SMILES string of the molecule is C1=C(C2=CC3c4cc(-n5c6ccccc6c6ccccc65)ccc4OC3C(c3ccccc3-c3ccccc3)=C2)C=C2c3ccccc3N(c3ccccc3)C2C1. The molecular formula is C54H38N2O. The molecule has 0 fully saturated rings. The van der Waals surface area contributed by atoms with Crippen LogP contribution in [-0.4, -0.2) is 16.7 Å². The van der Waals surface area contributed by atoms with Crippen molar-refractivity contribution in [1.29, 1.82) is 0 Å². The van der Waals surface area contributed by atoms with E-state index in [9.17, 15) is 0 Å². The van der Waals surface area contributed by atoms with Gasteiger partial charge in [0.1, 0.15) is 11.9 Å². The third kappa shape index (κ3) is 4.98. The van der Waals surface area contributed by atoms with E-state index in [1.54, 1.807) is 0 Å². The Kier molecular flexibility index (Phi) is 7.18. The van der Waals surface area contributed by atoms with Gasteiger partial charge in [-0.1, -0.05) is 140 Å². The summed E-state index contributed by atoms with van der Waals surface area (Å²) in [7, 11) is 0. The molecule has 3 heteroatoms. The van der Waals surface area contributed by atoms with Crippen LogP contribution in [0.2, 0.25) is 0 Å². The molecule has 4 aliphatic rings. The molecule has 2 aliphatic heterocycles. The summed E-state index contributed by atoms with van der Waals surface area (Å²) in [6, 6.07) is 63.9. The topological polar surface area (TPSA) is 17.4 Å². The maximum atomic E-state index is 7.07. The minimum atomic E-state index is -0.160. The summed E-state index contributed by atoms with van der Waals surface area (Å²) in [4.78, 5) is 2.52. The number of hydrogen-bond acceptors (Lipinski definition) is 2. The van der Waals surface area contributed by atoms with Crippen LogP contribution in [0.3, 0.4) is 0 Å². The zero-order valence-corrected chi connectivity index (χ0v) is 31.3. The third-order valence-corrected chi connectivity index (χ3v) is 12.5. The molecular weight excluding hydrogens is 693 g/mol. The zero-order valence-electron chi connectivity index (χ0n) is 31.3. The second-order valence-electron chi connectivity index (χ2n) is 15.5. The van der Waals surface area contributed by atoms with Crippen LogP contribution in [0.25, 0.3) is 49.8 Å². The zero-order chi connectivity index (χ0) is 37.5. The molecule has 12 rings (SSSR count). The first-order valence-corrected chi connectivity index (χ1v) is 20.0. The molecule has 0 N–H and O–H groups in total. The summed E-state index contributed by atoms with van der Waals surface area (Å²) >= 11 is 0. The van der Waals surface area contributed by atoms with Crippen LogP contribution in [0.15, 0.2) is 211 Å². The molecule has 0 saturated carbocycles. The van der Waals surface area contributed by atoms with Gasteiger partial charge in [-0.2, -0.15) is 0 Å². The summed E-state index contributed by atoms with van der Waals surface area (Å²) in [5, 5.41) is 2.53. The number of ether oxygens (including phenoxy) is 1. The number of aromatic nitrogens is 1. The second kappa shape index (κ2) is 12.7. The Labute approximate surface area is 332 Å². The van der Waals surface area contributed by atoms with Crippen molar-refractivity contribution in [2.75, 3.05) is 4.90 Å². The molecule has 0 amide bonds. The molecule has 3 unspecified atom stereocenters. The van der Waals surface area contributed by atoms with Crippen molar-refractivity contribution in [1.82, 2.24) is 4.57 Å².